The van der Waals surface area contributed by atoms with Gasteiger partial charge in [-0.15, -0.1) is 0 Å². The average molecular weight is 308 g/mol. The van der Waals surface area contributed by atoms with Gasteiger partial charge in [0.1, 0.15) is 0 Å². The van der Waals surface area contributed by atoms with Crippen molar-refractivity contribution < 1.29 is 4.79 Å². The molecule has 0 aliphatic carbocycles. The molecule has 1 heterocycles. The Morgan fingerprint density at radius 3 is 2.30 bits per heavy atom. The maximum atomic E-state index is 12.6. The van der Waals surface area contributed by atoms with Crippen molar-refractivity contribution in [1.82, 2.24) is 0 Å². The summed E-state index contributed by atoms with van der Waals surface area (Å²) in [4.78, 5) is 14.5. The van der Waals surface area contributed by atoms with E-state index in [9.17, 15) is 4.79 Å². The number of aryl methyl sites for hydroxylation is 1. The molecule has 1 amide bonds. The summed E-state index contributed by atoms with van der Waals surface area (Å²) in [6.07, 6.45) is 0. The van der Waals surface area contributed by atoms with Crippen molar-refractivity contribution in [1.29, 1.82) is 0 Å². The van der Waals surface area contributed by atoms with Crippen molar-refractivity contribution in [2.24, 2.45) is 5.73 Å². The Balaban J connectivity index is 2.03. The van der Waals surface area contributed by atoms with Crippen LogP contribution < -0.4 is 10.6 Å². The highest BCUT2D eigenvalue weighted by Gasteiger charge is 2.43. The quantitative estimate of drug-likeness (QED) is 0.940. The SMILES string of the molecule is CCN1C(=O)C(C)(C)c2cc(C(N)c3ccc(C)cc3)ccc21. The van der Waals surface area contributed by atoms with Crippen LogP contribution in [0, 0.1) is 6.92 Å². The largest absolute Gasteiger partial charge is 0.320 e. The van der Waals surface area contributed by atoms with Crippen LogP contribution in [0.25, 0.3) is 0 Å². The molecule has 0 aromatic heterocycles. The Bertz CT molecular complexity index is 747. The lowest BCUT2D eigenvalue weighted by atomic mass is 9.84. The highest BCUT2D eigenvalue weighted by Crippen LogP contribution is 2.42. The lowest BCUT2D eigenvalue weighted by Gasteiger charge is -2.19. The third kappa shape index (κ3) is 2.45. The summed E-state index contributed by atoms with van der Waals surface area (Å²) >= 11 is 0. The van der Waals surface area contributed by atoms with E-state index in [0.717, 1.165) is 22.4 Å². The molecule has 3 rings (SSSR count). The lowest BCUT2D eigenvalue weighted by Crippen LogP contribution is -2.35. The first-order valence-corrected chi connectivity index (χ1v) is 8.14. The summed E-state index contributed by atoms with van der Waals surface area (Å²) in [5, 5.41) is 0. The summed E-state index contributed by atoms with van der Waals surface area (Å²) in [6.45, 7) is 8.75. The van der Waals surface area contributed by atoms with Gasteiger partial charge in [0.25, 0.3) is 0 Å². The topological polar surface area (TPSA) is 46.3 Å². The van der Waals surface area contributed by atoms with Crippen LogP contribution in [-0.2, 0) is 10.2 Å². The Hall–Kier alpha value is -2.13. The number of nitrogens with two attached hydrogens (primary N) is 1. The minimum atomic E-state index is -0.492. The molecule has 1 atom stereocenters. The van der Waals surface area contributed by atoms with E-state index in [0.29, 0.717) is 6.54 Å². The number of fused-ring (bicyclic) bond motifs is 1. The van der Waals surface area contributed by atoms with Crippen LogP contribution in [0.2, 0.25) is 0 Å². The number of carbonyl (C=O) groups is 1. The van der Waals surface area contributed by atoms with E-state index in [1.807, 2.05) is 37.8 Å². The molecule has 1 aliphatic heterocycles. The van der Waals surface area contributed by atoms with Crippen LogP contribution in [0.1, 0.15) is 49.1 Å². The molecule has 0 radical (unpaired) electrons. The van der Waals surface area contributed by atoms with E-state index in [-0.39, 0.29) is 11.9 Å². The maximum Gasteiger partial charge on any atom is 0.237 e. The number of hydrogen-bond acceptors (Lipinski definition) is 2. The van der Waals surface area contributed by atoms with Crippen LogP contribution >= 0.6 is 0 Å². The molecule has 1 unspecified atom stereocenters. The fourth-order valence-corrected chi connectivity index (χ4v) is 3.33. The summed E-state index contributed by atoms with van der Waals surface area (Å²) < 4.78 is 0. The maximum absolute atomic E-state index is 12.6. The van der Waals surface area contributed by atoms with Gasteiger partial charge in [-0.3, -0.25) is 4.79 Å². The van der Waals surface area contributed by atoms with Gasteiger partial charge in [0.15, 0.2) is 0 Å². The van der Waals surface area contributed by atoms with E-state index < -0.39 is 5.41 Å². The van der Waals surface area contributed by atoms with Gasteiger partial charge in [0, 0.05) is 12.2 Å². The summed E-state index contributed by atoms with van der Waals surface area (Å²) in [5.74, 6) is 0.163. The predicted octanol–water partition coefficient (Wildman–Crippen LogP) is 3.69. The number of rotatable bonds is 3. The second-order valence-corrected chi connectivity index (χ2v) is 6.84. The van der Waals surface area contributed by atoms with Crippen LogP contribution in [0.5, 0.6) is 0 Å². The van der Waals surface area contributed by atoms with Gasteiger partial charge in [0.05, 0.1) is 11.5 Å². The third-order valence-electron chi connectivity index (χ3n) is 4.88. The second-order valence-electron chi connectivity index (χ2n) is 6.84. The van der Waals surface area contributed by atoms with E-state index in [1.165, 1.54) is 5.56 Å². The zero-order valence-electron chi connectivity index (χ0n) is 14.3. The molecule has 120 valence electrons. The minimum Gasteiger partial charge on any atom is -0.320 e. The number of amides is 1. The first-order valence-electron chi connectivity index (χ1n) is 8.14. The monoisotopic (exact) mass is 308 g/mol. The van der Waals surface area contributed by atoms with Gasteiger partial charge in [0.2, 0.25) is 5.91 Å². The Morgan fingerprint density at radius 1 is 1.09 bits per heavy atom. The van der Waals surface area contributed by atoms with E-state index >= 15 is 0 Å². The highest BCUT2D eigenvalue weighted by molar-refractivity contribution is 6.07. The third-order valence-corrected chi connectivity index (χ3v) is 4.88. The molecule has 0 bridgehead atoms. The molecule has 3 heteroatoms. The molecule has 0 saturated carbocycles. The molecule has 3 nitrogen and oxygen atoms in total. The van der Waals surface area contributed by atoms with E-state index in [1.54, 1.807) is 0 Å². The Morgan fingerprint density at radius 2 is 1.70 bits per heavy atom. The van der Waals surface area contributed by atoms with Gasteiger partial charge < -0.3 is 10.6 Å². The summed E-state index contributed by atoms with van der Waals surface area (Å²) in [6, 6.07) is 14.3. The smallest absolute Gasteiger partial charge is 0.237 e. The zero-order valence-corrected chi connectivity index (χ0v) is 14.3. The Labute approximate surface area is 138 Å². The van der Waals surface area contributed by atoms with Crippen molar-refractivity contribution >= 4 is 11.6 Å². The standard InChI is InChI=1S/C20H24N2O/c1-5-22-17-11-10-15(12-16(17)20(3,4)19(22)23)18(21)14-8-6-13(2)7-9-14/h6-12,18H,5,21H2,1-4H3. The van der Waals surface area contributed by atoms with Crippen LogP contribution in [-0.4, -0.2) is 12.5 Å². The van der Waals surface area contributed by atoms with Crippen molar-refractivity contribution in [3.8, 4) is 0 Å². The average Bonchev–Trinajstić information content (AvgIpc) is 2.74. The second kappa shape index (κ2) is 5.50. The molecule has 2 aromatic carbocycles. The summed E-state index contributed by atoms with van der Waals surface area (Å²) in [5.41, 5.74) is 11.4. The highest BCUT2D eigenvalue weighted by atomic mass is 16.2. The van der Waals surface area contributed by atoms with E-state index in [4.69, 9.17) is 5.73 Å². The van der Waals surface area contributed by atoms with Crippen molar-refractivity contribution in [3.05, 3.63) is 64.7 Å². The van der Waals surface area contributed by atoms with Gasteiger partial charge >= 0.3 is 0 Å². The number of benzene rings is 2. The first kappa shape index (κ1) is 15.8. The summed E-state index contributed by atoms with van der Waals surface area (Å²) in [7, 11) is 0. The molecule has 2 aromatic rings. The molecule has 0 spiro atoms. The van der Waals surface area contributed by atoms with Crippen molar-refractivity contribution in [3.63, 3.8) is 0 Å². The minimum absolute atomic E-state index is 0.163. The van der Waals surface area contributed by atoms with Crippen LogP contribution in [0.15, 0.2) is 42.5 Å². The molecule has 0 saturated heterocycles. The molecular formula is C20H24N2O. The molecule has 0 fully saturated rings. The van der Waals surface area contributed by atoms with Gasteiger partial charge in [-0.2, -0.15) is 0 Å². The number of nitrogens with zero attached hydrogens (tertiary/aromatic N) is 1. The van der Waals surface area contributed by atoms with Gasteiger partial charge in [-0.25, -0.2) is 0 Å². The zero-order chi connectivity index (χ0) is 16.8. The number of likely N-dealkylation sites (N-methyl/N-ethyl adjacent to an activating group) is 1. The number of carbonyl (C=O) groups excluding carboxylic acids is 1. The van der Waals surface area contributed by atoms with Gasteiger partial charge in [-0.1, -0.05) is 42.0 Å². The fourth-order valence-electron chi connectivity index (χ4n) is 3.33. The van der Waals surface area contributed by atoms with Crippen molar-refractivity contribution in [2.45, 2.75) is 39.2 Å². The van der Waals surface area contributed by atoms with Crippen LogP contribution in [0.3, 0.4) is 0 Å². The fraction of sp³-hybridized carbons (Fsp3) is 0.350. The predicted molar refractivity (Wildman–Crippen MR) is 94.7 cm³/mol. The number of anilines is 1. The molecular weight excluding hydrogens is 284 g/mol. The van der Waals surface area contributed by atoms with Crippen molar-refractivity contribution in [2.75, 3.05) is 11.4 Å². The van der Waals surface area contributed by atoms with Gasteiger partial charge in [-0.05, 0) is 50.5 Å². The Kier molecular flexibility index (Phi) is 3.77. The van der Waals surface area contributed by atoms with E-state index in [2.05, 4.69) is 37.3 Å². The molecule has 23 heavy (non-hydrogen) atoms. The molecule has 2 N–H and O–H groups in total. The molecule has 1 aliphatic rings. The van der Waals surface area contributed by atoms with Crippen LogP contribution in [0.4, 0.5) is 5.69 Å². The first-order chi connectivity index (χ1) is 10.9. The normalized spacial score (nSPS) is 17.3. The number of hydrogen-bond donors (Lipinski definition) is 1. The lowest BCUT2D eigenvalue weighted by molar-refractivity contribution is -0.122.